The minimum atomic E-state index is 0.0502. The molecular formula is C12H21N3O. The summed E-state index contributed by atoms with van der Waals surface area (Å²) in [6, 6.07) is 0.249. The number of carbonyl (C=O) groups excluding carboxylic acids is 1. The van der Waals surface area contributed by atoms with Crippen molar-refractivity contribution in [1.29, 1.82) is 0 Å². The lowest BCUT2D eigenvalue weighted by Crippen LogP contribution is -2.35. The largest absolute Gasteiger partial charge is 0.352 e. The van der Waals surface area contributed by atoms with Gasteiger partial charge in [-0.2, -0.15) is 0 Å². The van der Waals surface area contributed by atoms with E-state index < -0.39 is 0 Å². The van der Waals surface area contributed by atoms with Crippen LogP contribution >= 0.6 is 0 Å². The van der Waals surface area contributed by atoms with Crippen LogP contribution in [0.3, 0.4) is 0 Å². The van der Waals surface area contributed by atoms with Crippen molar-refractivity contribution in [3.63, 3.8) is 0 Å². The monoisotopic (exact) mass is 223 g/mol. The number of amides is 1. The molecule has 0 aliphatic rings. The van der Waals surface area contributed by atoms with E-state index in [2.05, 4.69) is 24.1 Å². The highest BCUT2D eigenvalue weighted by Crippen LogP contribution is 2.06. The lowest BCUT2D eigenvalue weighted by Gasteiger charge is -2.15. The van der Waals surface area contributed by atoms with Crippen molar-refractivity contribution in [2.24, 2.45) is 5.92 Å². The van der Waals surface area contributed by atoms with Crippen LogP contribution in [-0.4, -0.2) is 21.5 Å². The zero-order valence-corrected chi connectivity index (χ0v) is 10.3. The van der Waals surface area contributed by atoms with Gasteiger partial charge < -0.3 is 9.88 Å². The Kier molecular flexibility index (Phi) is 5.02. The van der Waals surface area contributed by atoms with Gasteiger partial charge in [-0.05, 0) is 25.7 Å². The van der Waals surface area contributed by atoms with Crippen molar-refractivity contribution in [2.45, 2.75) is 46.2 Å². The van der Waals surface area contributed by atoms with Crippen LogP contribution in [0.2, 0.25) is 0 Å². The third kappa shape index (κ3) is 4.96. The molecule has 0 bridgehead atoms. The van der Waals surface area contributed by atoms with Crippen LogP contribution in [0.4, 0.5) is 0 Å². The Bertz CT molecular complexity index is 306. The molecule has 1 unspecified atom stereocenters. The number of imidazole rings is 1. The van der Waals surface area contributed by atoms with Gasteiger partial charge >= 0.3 is 0 Å². The lowest BCUT2D eigenvalue weighted by atomic mass is 10.0. The Labute approximate surface area is 97.1 Å². The smallest absolute Gasteiger partial charge is 0.240 e. The first-order valence-corrected chi connectivity index (χ1v) is 5.83. The number of carbonyl (C=O) groups is 1. The summed E-state index contributed by atoms with van der Waals surface area (Å²) < 4.78 is 1.77. The standard InChI is InChI=1S/C12H21N3O/c1-10(2)4-5-11(3)14-12(16)8-15-7-6-13-9-15/h6-7,9-11H,4-5,8H2,1-3H3,(H,14,16). The van der Waals surface area contributed by atoms with Crippen molar-refractivity contribution < 1.29 is 4.79 Å². The summed E-state index contributed by atoms with van der Waals surface area (Å²) in [6.07, 6.45) is 7.30. The predicted molar refractivity (Wildman–Crippen MR) is 63.9 cm³/mol. The van der Waals surface area contributed by atoms with E-state index in [4.69, 9.17) is 0 Å². The number of hydrogen-bond acceptors (Lipinski definition) is 2. The molecular weight excluding hydrogens is 202 g/mol. The van der Waals surface area contributed by atoms with Gasteiger partial charge in [0.15, 0.2) is 0 Å². The van der Waals surface area contributed by atoms with Gasteiger partial charge in [-0.25, -0.2) is 4.98 Å². The van der Waals surface area contributed by atoms with Crippen molar-refractivity contribution in [2.75, 3.05) is 0 Å². The van der Waals surface area contributed by atoms with Crippen molar-refractivity contribution in [3.8, 4) is 0 Å². The fourth-order valence-electron chi connectivity index (χ4n) is 1.52. The highest BCUT2D eigenvalue weighted by Gasteiger charge is 2.08. The predicted octanol–water partition coefficient (Wildman–Crippen LogP) is 1.82. The van der Waals surface area contributed by atoms with Gasteiger partial charge in [0, 0.05) is 18.4 Å². The average molecular weight is 223 g/mol. The molecule has 90 valence electrons. The lowest BCUT2D eigenvalue weighted by molar-refractivity contribution is -0.122. The molecule has 1 atom stereocenters. The molecule has 0 radical (unpaired) electrons. The van der Waals surface area contributed by atoms with Crippen LogP contribution in [0.1, 0.15) is 33.6 Å². The van der Waals surface area contributed by atoms with E-state index in [1.54, 1.807) is 23.3 Å². The van der Waals surface area contributed by atoms with E-state index in [0.717, 1.165) is 12.8 Å². The van der Waals surface area contributed by atoms with Crippen LogP contribution in [0.15, 0.2) is 18.7 Å². The normalized spacial score (nSPS) is 12.8. The maximum Gasteiger partial charge on any atom is 0.240 e. The van der Waals surface area contributed by atoms with E-state index in [9.17, 15) is 4.79 Å². The fourth-order valence-corrected chi connectivity index (χ4v) is 1.52. The van der Waals surface area contributed by atoms with Crippen LogP contribution in [-0.2, 0) is 11.3 Å². The first kappa shape index (κ1) is 12.7. The molecule has 1 rings (SSSR count). The molecule has 1 aromatic rings. The first-order valence-electron chi connectivity index (χ1n) is 5.83. The summed E-state index contributed by atoms with van der Waals surface area (Å²) in [6.45, 7) is 6.79. The quantitative estimate of drug-likeness (QED) is 0.799. The van der Waals surface area contributed by atoms with Gasteiger partial charge in [0.05, 0.1) is 6.33 Å². The third-order valence-electron chi connectivity index (χ3n) is 2.47. The second kappa shape index (κ2) is 6.30. The molecule has 16 heavy (non-hydrogen) atoms. The van der Waals surface area contributed by atoms with Gasteiger partial charge in [-0.15, -0.1) is 0 Å². The van der Waals surface area contributed by atoms with Crippen molar-refractivity contribution in [1.82, 2.24) is 14.9 Å². The summed E-state index contributed by atoms with van der Waals surface area (Å²) in [5.74, 6) is 0.738. The maximum atomic E-state index is 11.6. The van der Waals surface area contributed by atoms with Gasteiger partial charge in [-0.1, -0.05) is 13.8 Å². The van der Waals surface area contributed by atoms with E-state index in [1.165, 1.54) is 0 Å². The van der Waals surface area contributed by atoms with Crippen molar-refractivity contribution >= 4 is 5.91 Å². The molecule has 0 saturated carbocycles. The number of hydrogen-bond donors (Lipinski definition) is 1. The molecule has 4 heteroatoms. The maximum absolute atomic E-state index is 11.6. The zero-order chi connectivity index (χ0) is 12.0. The topological polar surface area (TPSA) is 46.9 Å². The van der Waals surface area contributed by atoms with Crippen molar-refractivity contribution in [3.05, 3.63) is 18.7 Å². The molecule has 0 aromatic carbocycles. The fraction of sp³-hybridized carbons (Fsp3) is 0.667. The van der Waals surface area contributed by atoms with Crippen LogP contribution < -0.4 is 5.32 Å². The van der Waals surface area contributed by atoms with Crippen LogP contribution in [0.25, 0.3) is 0 Å². The van der Waals surface area contributed by atoms with E-state index in [-0.39, 0.29) is 11.9 Å². The van der Waals surface area contributed by atoms with Crippen LogP contribution in [0.5, 0.6) is 0 Å². The number of nitrogens with one attached hydrogen (secondary N) is 1. The van der Waals surface area contributed by atoms with Gasteiger partial charge in [-0.3, -0.25) is 4.79 Å². The van der Waals surface area contributed by atoms with Gasteiger partial charge in [0.2, 0.25) is 5.91 Å². The van der Waals surface area contributed by atoms with E-state index >= 15 is 0 Å². The average Bonchev–Trinajstić information content (AvgIpc) is 2.67. The highest BCUT2D eigenvalue weighted by molar-refractivity contribution is 5.75. The Morgan fingerprint density at radius 2 is 2.12 bits per heavy atom. The van der Waals surface area contributed by atoms with E-state index in [0.29, 0.717) is 12.5 Å². The summed E-state index contributed by atoms with van der Waals surface area (Å²) in [4.78, 5) is 15.5. The summed E-state index contributed by atoms with van der Waals surface area (Å²) in [7, 11) is 0. The molecule has 0 saturated heterocycles. The molecule has 4 nitrogen and oxygen atoms in total. The summed E-state index contributed by atoms with van der Waals surface area (Å²) in [5, 5.41) is 2.99. The highest BCUT2D eigenvalue weighted by atomic mass is 16.2. The molecule has 1 heterocycles. The molecule has 1 aromatic heterocycles. The molecule has 1 amide bonds. The number of aromatic nitrogens is 2. The Balaban J connectivity index is 2.23. The van der Waals surface area contributed by atoms with Crippen LogP contribution in [0, 0.1) is 5.92 Å². The Morgan fingerprint density at radius 1 is 1.38 bits per heavy atom. The third-order valence-corrected chi connectivity index (χ3v) is 2.47. The molecule has 0 spiro atoms. The first-order chi connectivity index (χ1) is 7.58. The Morgan fingerprint density at radius 3 is 2.69 bits per heavy atom. The molecule has 0 fully saturated rings. The molecule has 1 N–H and O–H groups in total. The number of rotatable bonds is 6. The molecule has 0 aliphatic carbocycles. The summed E-state index contributed by atoms with van der Waals surface area (Å²) >= 11 is 0. The second-order valence-corrected chi connectivity index (χ2v) is 4.67. The van der Waals surface area contributed by atoms with E-state index in [1.807, 2.05) is 6.92 Å². The second-order valence-electron chi connectivity index (χ2n) is 4.67. The van der Waals surface area contributed by atoms with Gasteiger partial charge in [0.1, 0.15) is 6.54 Å². The Hall–Kier alpha value is -1.32. The number of nitrogens with zero attached hydrogens (tertiary/aromatic N) is 2. The van der Waals surface area contributed by atoms with Gasteiger partial charge in [0.25, 0.3) is 0 Å². The summed E-state index contributed by atoms with van der Waals surface area (Å²) in [5.41, 5.74) is 0. The SMILES string of the molecule is CC(C)CCC(C)NC(=O)Cn1ccnc1. The zero-order valence-electron chi connectivity index (χ0n) is 10.3. The molecule has 0 aliphatic heterocycles. The minimum absolute atomic E-state index is 0.0502. The minimum Gasteiger partial charge on any atom is -0.352 e.